The van der Waals surface area contributed by atoms with Crippen LogP contribution in [0.15, 0.2) is 48.6 Å². The molecule has 1 saturated carbocycles. The molecule has 2 aromatic rings. The molecule has 1 aliphatic carbocycles. The quantitative estimate of drug-likeness (QED) is 0.216. The third-order valence-corrected chi connectivity index (χ3v) is 7.18. The molecule has 1 saturated heterocycles. The molecule has 0 bridgehead atoms. The number of ether oxygens (including phenoxy) is 2. The molecule has 1 heterocycles. The second kappa shape index (κ2) is 12.5. The number of barbiturate groups is 1. The molecule has 0 atom stereocenters. The molecule has 0 radical (unpaired) electrons. The fraction of sp³-hybridized carbons (Fsp3) is 0.345. The molecule has 200 valence electrons. The molecule has 2 aromatic carbocycles. The fourth-order valence-electron chi connectivity index (χ4n) is 4.80. The van der Waals surface area contributed by atoms with Gasteiger partial charge >= 0.3 is 6.03 Å². The molecule has 9 heteroatoms. The first-order chi connectivity index (χ1) is 18.3. The Morgan fingerprint density at radius 2 is 1.82 bits per heavy atom. The normalized spacial score (nSPS) is 17.5. The van der Waals surface area contributed by atoms with E-state index >= 15 is 0 Å². The summed E-state index contributed by atoms with van der Waals surface area (Å²) in [6.07, 6.45) is 8.12. The second-order valence-electron chi connectivity index (χ2n) is 9.24. The SMILES string of the molecule is C=CCc1cc(C=C2C(=O)NC(=O)N(C3CCCCC3)C2=O)cc(OCC)c1OCc1ccc(Cl)cc1Cl. The van der Waals surface area contributed by atoms with Gasteiger partial charge in [-0.2, -0.15) is 0 Å². The summed E-state index contributed by atoms with van der Waals surface area (Å²) in [5, 5.41) is 3.35. The predicted molar refractivity (Wildman–Crippen MR) is 148 cm³/mol. The molecule has 0 aromatic heterocycles. The van der Waals surface area contributed by atoms with Gasteiger partial charge in [-0.3, -0.25) is 19.8 Å². The van der Waals surface area contributed by atoms with E-state index in [4.69, 9.17) is 32.7 Å². The Kier molecular flexibility index (Phi) is 9.13. The summed E-state index contributed by atoms with van der Waals surface area (Å²) in [7, 11) is 0. The van der Waals surface area contributed by atoms with Gasteiger partial charge in [-0.05, 0) is 62.1 Å². The highest BCUT2D eigenvalue weighted by molar-refractivity contribution is 6.35. The highest BCUT2D eigenvalue weighted by atomic mass is 35.5. The van der Waals surface area contributed by atoms with Crippen LogP contribution in [0.3, 0.4) is 0 Å². The summed E-state index contributed by atoms with van der Waals surface area (Å²) in [5.74, 6) is -0.328. The minimum absolute atomic E-state index is 0.0937. The van der Waals surface area contributed by atoms with E-state index in [0.717, 1.165) is 43.2 Å². The van der Waals surface area contributed by atoms with Crippen molar-refractivity contribution in [2.24, 2.45) is 0 Å². The average Bonchev–Trinajstić information content (AvgIpc) is 2.88. The Morgan fingerprint density at radius 3 is 2.50 bits per heavy atom. The molecule has 1 aliphatic heterocycles. The van der Waals surface area contributed by atoms with Crippen molar-refractivity contribution in [3.63, 3.8) is 0 Å². The number of halogens is 2. The van der Waals surface area contributed by atoms with Gasteiger partial charge in [0.1, 0.15) is 12.2 Å². The van der Waals surface area contributed by atoms with E-state index in [1.807, 2.05) is 13.0 Å². The van der Waals surface area contributed by atoms with Crippen molar-refractivity contribution in [3.8, 4) is 11.5 Å². The molecular formula is C29H30Cl2N2O5. The molecule has 2 fully saturated rings. The number of amides is 4. The lowest BCUT2D eigenvalue weighted by molar-refractivity contribution is -0.132. The number of imide groups is 2. The van der Waals surface area contributed by atoms with Crippen LogP contribution < -0.4 is 14.8 Å². The summed E-state index contributed by atoms with van der Waals surface area (Å²) >= 11 is 12.3. The van der Waals surface area contributed by atoms with Gasteiger partial charge in [-0.15, -0.1) is 6.58 Å². The summed E-state index contributed by atoms with van der Waals surface area (Å²) in [5.41, 5.74) is 1.99. The number of nitrogens with one attached hydrogen (secondary N) is 1. The van der Waals surface area contributed by atoms with Crippen LogP contribution in [0.2, 0.25) is 10.0 Å². The van der Waals surface area contributed by atoms with Crippen LogP contribution in [0.4, 0.5) is 4.79 Å². The minimum Gasteiger partial charge on any atom is -0.490 e. The topological polar surface area (TPSA) is 84.9 Å². The number of urea groups is 1. The monoisotopic (exact) mass is 556 g/mol. The van der Waals surface area contributed by atoms with E-state index in [1.165, 1.54) is 11.0 Å². The number of rotatable bonds is 9. The van der Waals surface area contributed by atoms with Crippen molar-refractivity contribution in [2.75, 3.05) is 6.61 Å². The van der Waals surface area contributed by atoms with Gasteiger partial charge in [0.2, 0.25) is 0 Å². The van der Waals surface area contributed by atoms with Crippen LogP contribution in [-0.2, 0) is 22.6 Å². The second-order valence-corrected chi connectivity index (χ2v) is 10.1. The molecule has 7 nitrogen and oxygen atoms in total. The van der Waals surface area contributed by atoms with Gasteiger partial charge in [-0.25, -0.2) is 4.79 Å². The highest BCUT2D eigenvalue weighted by Gasteiger charge is 2.40. The van der Waals surface area contributed by atoms with Crippen molar-refractivity contribution in [2.45, 2.75) is 58.1 Å². The number of hydrogen-bond acceptors (Lipinski definition) is 5. The van der Waals surface area contributed by atoms with Crippen molar-refractivity contribution >= 4 is 47.1 Å². The first-order valence-corrected chi connectivity index (χ1v) is 13.5. The Bertz CT molecular complexity index is 1280. The lowest BCUT2D eigenvalue weighted by Crippen LogP contribution is -2.58. The Balaban J connectivity index is 1.68. The van der Waals surface area contributed by atoms with Crippen molar-refractivity contribution in [1.82, 2.24) is 10.2 Å². The van der Waals surface area contributed by atoms with Gasteiger partial charge in [0.15, 0.2) is 11.5 Å². The Morgan fingerprint density at radius 1 is 1.05 bits per heavy atom. The number of carbonyl (C=O) groups is 3. The van der Waals surface area contributed by atoms with Gasteiger partial charge in [0.05, 0.1) is 6.61 Å². The van der Waals surface area contributed by atoms with E-state index in [-0.39, 0.29) is 18.2 Å². The van der Waals surface area contributed by atoms with Crippen LogP contribution >= 0.6 is 23.2 Å². The average molecular weight is 557 g/mol. The smallest absolute Gasteiger partial charge is 0.331 e. The number of benzene rings is 2. The zero-order valence-electron chi connectivity index (χ0n) is 21.2. The van der Waals surface area contributed by atoms with Gasteiger partial charge in [0.25, 0.3) is 11.8 Å². The molecular weight excluding hydrogens is 527 g/mol. The maximum Gasteiger partial charge on any atom is 0.331 e. The van der Waals surface area contributed by atoms with E-state index < -0.39 is 17.8 Å². The van der Waals surface area contributed by atoms with E-state index in [1.54, 1.807) is 30.3 Å². The molecule has 4 rings (SSSR count). The molecule has 1 N–H and O–H groups in total. The summed E-state index contributed by atoms with van der Waals surface area (Å²) in [6, 6.07) is 7.85. The van der Waals surface area contributed by atoms with E-state index in [0.29, 0.717) is 40.1 Å². The van der Waals surface area contributed by atoms with Gasteiger partial charge in [0, 0.05) is 27.2 Å². The fourth-order valence-corrected chi connectivity index (χ4v) is 5.26. The minimum atomic E-state index is -0.715. The lowest BCUT2D eigenvalue weighted by Gasteiger charge is -2.35. The third kappa shape index (κ3) is 6.22. The largest absolute Gasteiger partial charge is 0.490 e. The standard InChI is InChI=1S/C29H30Cl2N2O5/c1-3-8-19-13-18(14-23-27(34)32-29(36)33(28(23)35)22-9-6-5-7-10-22)15-25(37-4-2)26(19)38-17-20-11-12-21(30)16-24(20)31/h3,11-16,22H,1,4-10,17H2,2H3,(H,32,34,36). The van der Waals surface area contributed by atoms with E-state index in [2.05, 4.69) is 11.9 Å². The van der Waals surface area contributed by atoms with E-state index in [9.17, 15) is 14.4 Å². The zero-order chi connectivity index (χ0) is 27.2. The number of hydrogen-bond donors (Lipinski definition) is 1. The van der Waals surface area contributed by atoms with Gasteiger partial charge < -0.3 is 9.47 Å². The first-order valence-electron chi connectivity index (χ1n) is 12.7. The molecule has 0 spiro atoms. The number of nitrogens with zero attached hydrogens (tertiary/aromatic N) is 1. The Hall–Kier alpha value is -3.29. The van der Waals surface area contributed by atoms with Crippen LogP contribution in [0.1, 0.15) is 55.7 Å². The van der Waals surface area contributed by atoms with Crippen LogP contribution in [0.5, 0.6) is 11.5 Å². The highest BCUT2D eigenvalue weighted by Crippen LogP contribution is 2.36. The summed E-state index contributed by atoms with van der Waals surface area (Å²) < 4.78 is 12.0. The van der Waals surface area contributed by atoms with Crippen molar-refractivity contribution in [3.05, 3.63) is 75.3 Å². The van der Waals surface area contributed by atoms with Gasteiger partial charge in [-0.1, -0.05) is 54.6 Å². The maximum atomic E-state index is 13.3. The maximum absolute atomic E-state index is 13.3. The number of carbonyl (C=O) groups excluding carboxylic acids is 3. The third-order valence-electron chi connectivity index (χ3n) is 6.59. The summed E-state index contributed by atoms with van der Waals surface area (Å²) in [4.78, 5) is 39.8. The van der Waals surface area contributed by atoms with Crippen molar-refractivity contribution < 1.29 is 23.9 Å². The molecule has 0 unspecified atom stereocenters. The Labute approximate surface area is 232 Å². The molecule has 38 heavy (non-hydrogen) atoms. The van der Waals surface area contributed by atoms with Crippen LogP contribution in [0.25, 0.3) is 6.08 Å². The van der Waals surface area contributed by atoms with Crippen molar-refractivity contribution in [1.29, 1.82) is 0 Å². The predicted octanol–water partition coefficient (Wildman–Crippen LogP) is 6.49. The zero-order valence-corrected chi connectivity index (χ0v) is 22.7. The molecule has 4 amide bonds. The first kappa shape index (κ1) is 27.7. The summed E-state index contributed by atoms with van der Waals surface area (Å²) in [6.45, 7) is 6.25. The lowest BCUT2D eigenvalue weighted by atomic mass is 9.93. The van der Waals surface area contributed by atoms with Crippen LogP contribution in [-0.4, -0.2) is 35.4 Å². The van der Waals surface area contributed by atoms with Crippen LogP contribution in [0, 0.1) is 0 Å². The number of allylic oxidation sites excluding steroid dienone is 1. The molecule has 2 aliphatic rings.